The number of fused-ring (bicyclic) bond motifs is 1. The van der Waals surface area contributed by atoms with E-state index in [2.05, 4.69) is 5.16 Å². The molecule has 0 unspecified atom stereocenters. The summed E-state index contributed by atoms with van der Waals surface area (Å²) in [5.41, 5.74) is 0.821. The highest BCUT2D eigenvalue weighted by Crippen LogP contribution is 2.32. The minimum Gasteiger partial charge on any atom is -0.361 e. The van der Waals surface area contributed by atoms with E-state index in [0.717, 1.165) is 17.5 Å². The SMILES string of the molecule is Cc1cc(C2CCN(S(=O)(=O)c3cc(F)c4ccccc4c3)CC2)on1. The van der Waals surface area contributed by atoms with Crippen molar-refractivity contribution in [3.8, 4) is 0 Å². The third-order valence-electron chi connectivity index (χ3n) is 4.93. The summed E-state index contributed by atoms with van der Waals surface area (Å²) in [6.45, 7) is 2.61. The van der Waals surface area contributed by atoms with Gasteiger partial charge in [0.1, 0.15) is 11.6 Å². The Labute approximate surface area is 151 Å². The van der Waals surface area contributed by atoms with Gasteiger partial charge >= 0.3 is 0 Å². The summed E-state index contributed by atoms with van der Waals surface area (Å²) in [7, 11) is -3.73. The lowest BCUT2D eigenvalue weighted by atomic mass is 9.95. The minimum atomic E-state index is -3.73. The van der Waals surface area contributed by atoms with Crippen molar-refractivity contribution in [2.45, 2.75) is 30.6 Å². The molecule has 4 rings (SSSR count). The van der Waals surface area contributed by atoms with Gasteiger partial charge in [0.25, 0.3) is 0 Å². The maximum atomic E-state index is 14.3. The number of piperidine rings is 1. The van der Waals surface area contributed by atoms with Gasteiger partial charge < -0.3 is 4.52 Å². The largest absolute Gasteiger partial charge is 0.361 e. The Kier molecular flexibility index (Phi) is 4.28. The van der Waals surface area contributed by atoms with E-state index in [0.29, 0.717) is 36.7 Å². The fraction of sp³-hybridized carbons (Fsp3) is 0.316. The van der Waals surface area contributed by atoms with Gasteiger partial charge in [-0.2, -0.15) is 4.31 Å². The van der Waals surface area contributed by atoms with Gasteiger partial charge in [-0.05, 0) is 37.3 Å². The number of aryl methyl sites for hydroxylation is 1. The predicted molar refractivity (Wildman–Crippen MR) is 95.9 cm³/mol. The number of aromatic nitrogens is 1. The summed E-state index contributed by atoms with van der Waals surface area (Å²) in [4.78, 5) is 0.00246. The molecule has 2 aromatic carbocycles. The number of sulfonamides is 1. The normalized spacial score (nSPS) is 17.0. The molecular formula is C19H19FN2O3S. The third-order valence-corrected chi connectivity index (χ3v) is 6.80. The second kappa shape index (κ2) is 6.48. The molecule has 0 saturated carbocycles. The van der Waals surface area contributed by atoms with Crippen molar-refractivity contribution in [2.75, 3.05) is 13.1 Å². The van der Waals surface area contributed by atoms with Crippen LogP contribution in [0.5, 0.6) is 0 Å². The van der Waals surface area contributed by atoms with Gasteiger partial charge in [-0.15, -0.1) is 0 Å². The van der Waals surface area contributed by atoms with E-state index in [4.69, 9.17) is 4.52 Å². The molecule has 26 heavy (non-hydrogen) atoms. The maximum absolute atomic E-state index is 14.3. The van der Waals surface area contributed by atoms with Gasteiger partial charge in [0, 0.05) is 30.5 Å². The van der Waals surface area contributed by atoms with Crippen LogP contribution in [0.3, 0.4) is 0 Å². The van der Waals surface area contributed by atoms with Crippen LogP contribution in [0.25, 0.3) is 10.8 Å². The first-order valence-corrected chi connectivity index (χ1v) is 10.0. The molecule has 7 heteroatoms. The zero-order valence-electron chi connectivity index (χ0n) is 14.4. The predicted octanol–water partition coefficient (Wildman–Crippen LogP) is 3.84. The second-order valence-electron chi connectivity index (χ2n) is 6.68. The molecule has 0 bridgehead atoms. The van der Waals surface area contributed by atoms with Crippen LogP contribution in [0.4, 0.5) is 4.39 Å². The average molecular weight is 374 g/mol. The standard InChI is InChI=1S/C19H19FN2O3S/c1-13-10-19(25-21-13)14-6-8-22(9-7-14)26(23,24)16-11-15-4-2-3-5-17(15)18(20)12-16/h2-5,10-12,14H,6-9H2,1H3. The van der Waals surface area contributed by atoms with Gasteiger partial charge in [0.2, 0.25) is 10.0 Å². The van der Waals surface area contributed by atoms with Crippen LogP contribution in [0.1, 0.15) is 30.2 Å². The molecule has 2 heterocycles. The third kappa shape index (κ3) is 3.01. The minimum absolute atomic E-state index is 0.00246. The molecule has 0 amide bonds. The summed E-state index contributed by atoms with van der Waals surface area (Å²) >= 11 is 0. The molecule has 0 spiro atoms. The van der Waals surface area contributed by atoms with Gasteiger partial charge in [-0.1, -0.05) is 29.4 Å². The van der Waals surface area contributed by atoms with Crippen LogP contribution in [-0.4, -0.2) is 31.0 Å². The fourth-order valence-corrected chi connectivity index (χ4v) is 5.01. The Morgan fingerprint density at radius 3 is 2.58 bits per heavy atom. The van der Waals surface area contributed by atoms with Crippen molar-refractivity contribution in [1.29, 1.82) is 0 Å². The molecule has 0 atom stereocenters. The van der Waals surface area contributed by atoms with Crippen molar-refractivity contribution in [3.05, 3.63) is 59.7 Å². The van der Waals surface area contributed by atoms with Crippen molar-refractivity contribution in [1.82, 2.24) is 9.46 Å². The lowest BCUT2D eigenvalue weighted by molar-refractivity contribution is 0.275. The summed E-state index contributed by atoms with van der Waals surface area (Å²) < 4.78 is 47.0. The highest BCUT2D eigenvalue weighted by molar-refractivity contribution is 7.89. The fourth-order valence-electron chi connectivity index (χ4n) is 3.49. The number of nitrogens with zero attached hydrogens (tertiary/aromatic N) is 2. The molecule has 1 fully saturated rings. The van der Waals surface area contributed by atoms with Crippen LogP contribution in [0.2, 0.25) is 0 Å². The quantitative estimate of drug-likeness (QED) is 0.699. The van der Waals surface area contributed by atoms with E-state index in [1.54, 1.807) is 30.3 Å². The number of rotatable bonds is 3. The Hall–Kier alpha value is -2.25. The molecule has 3 aromatic rings. The Bertz CT molecular complexity index is 1050. The number of benzene rings is 2. The molecule has 0 radical (unpaired) electrons. The molecule has 5 nitrogen and oxygen atoms in total. The highest BCUT2D eigenvalue weighted by atomic mass is 32.2. The summed E-state index contributed by atoms with van der Waals surface area (Å²) in [6, 6.07) is 11.4. The van der Waals surface area contributed by atoms with E-state index < -0.39 is 15.8 Å². The van der Waals surface area contributed by atoms with Crippen LogP contribution in [0, 0.1) is 12.7 Å². The van der Waals surface area contributed by atoms with Gasteiger partial charge in [0.15, 0.2) is 0 Å². The Morgan fingerprint density at radius 2 is 1.88 bits per heavy atom. The van der Waals surface area contributed by atoms with Crippen molar-refractivity contribution >= 4 is 20.8 Å². The van der Waals surface area contributed by atoms with Crippen molar-refractivity contribution in [2.24, 2.45) is 0 Å². The smallest absolute Gasteiger partial charge is 0.243 e. The molecule has 1 aliphatic rings. The topological polar surface area (TPSA) is 63.4 Å². The van der Waals surface area contributed by atoms with E-state index in [9.17, 15) is 12.8 Å². The Morgan fingerprint density at radius 1 is 1.15 bits per heavy atom. The summed E-state index contributed by atoms with van der Waals surface area (Å²) in [6.07, 6.45) is 1.31. The lowest BCUT2D eigenvalue weighted by Gasteiger charge is -2.30. The molecule has 1 aliphatic heterocycles. The van der Waals surface area contributed by atoms with E-state index in [1.165, 1.54) is 4.31 Å². The lowest BCUT2D eigenvalue weighted by Crippen LogP contribution is -2.37. The second-order valence-corrected chi connectivity index (χ2v) is 8.61. The van der Waals surface area contributed by atoms with Crippen LogP contribution >= 0.6 is 0 Å². The zero-order valence-corrected chi connectivity index (χ0v) is 15.2. The first kappa shape index (κ1) is 17.2. The first-order chi connectivity index (χ1) is 12.4. The van der Waals surface area contributed by atoms with Crippen LogP contribution in [-0.2, 0) is 10.0 Å². The van der Waals surface area contributed by atoms with Crippen LogP contribution < -0.4 is 0 Å². The zero-order chi connectivity index (χ0) is 18.3. The average Bonchev–Trinajstić information content (AvgIpc) is 3.08. The number of hydrogen-bond donors (Lipinski definition) is 0. The first-order valence-electron chi connectivity index (χ1n) is 8.57. The number of hydrogen-bond acceptors (Lipinski definition) is 4. The Balaban J connectivity index is 1.58. The highest BCUT2D eigenvalue weighted by Gasteiger charge is 2.31. The molecule has 1 aromatic heterocycles. The van der Waals surface area contributed by atoms with E-state index >= 15 is 0 Å². The molecule has 1 saturated heterocycles. The van der Waals surface area contributed by atoms with Crippen LogP contribution in [0.15, 0.2) is 51.9 Å². The van der Waals surface area contributed by atoms with Gasteiger partial charge in [0.05, 0.1) is 10.6 Å². The van der Waals surface area contributed by atoms with Crippen molar-refractivity contribution < 1.29 is 17.3 Å². The number of halogens is 1. The van der Waals surface area contributed by atoms with E-state index in [-0.39, 0.29) is 10.8 Å². The molecular weight excluding hydrogens is 355 g/mol. The molecule has 0 aliphatic carbocycles. The van der Waals surface area contributed by atoms with Gasteiger partial charge in [-0.25, -0.2) is 12.8 Å². The monoisotopic (exact) mass is 374 g/mol. The van der Waals surface area contributed by atoms with E-state index in [1.807, 2.05) is 13.0 Å². The molecule has 136 valence electrons. The van der Waals surface area contributed by atoms with Crippen molar-refractivity contribution in [3.63, 3.8) is 0 Å². The molecule has 0 N–H and O–H groups in total. The summed E-state index contributed by atoms with van der Waals surface area (Å²) in [5, 5.41) is 4.90. The summed E-state index contributed by atoms with van der Waals surface area (Å²) in [5.74, 6) is 0.445. The van der Waals surface area contributed by atoms with Gasteiger partial charge in [-0.3, -0.25) is 0 Å². The maximum Gasteiger partial charge on any atom is 0.243 e.